The van der Waals surface area contributed by atoms with Gasteiger partial charge in [-0.25, -0.2) is 4.79 Å². The third-order valence-corrected chi connectivity index (χ3v) is 3.42. The normalized spacial score (nSPS) is 14.1. The average Bonchev–Trinajstić information content (AvgIpc) is 2.51. The van der Waals surface area contributed by atoms with Crippen LogP contribution >= 0.6 is 0 Å². The lowest BCUT2D eigenvalue weighted by molar-refractivity contribution is -0.150. The molecule has 0 spiro atoms. The van der Waals surface area contributed by atoms with Gasteiger partial charge in [0, 0.05) is 25.9 Å². The monoisotopic (exact) mass is 326 g/mol. The number of methoxy groups -OCH3 is 1. The second kappa shape index (κ2) is 9.76. The van der Waals surface area contributed by atoms with Crippen LogP contribution in [0.15, 0.2) is 12.2 Å². The first-order chi connectivity index (χ1) is 10.6. The minimum absolute atomic E-state index is 0.191. The second-order valence-corrected chi connectivity index (χ2v) is 5.66. The van der Waals surface area contributed by atoms with Crippen LogP contribution in [0.3, 0.4) is 0 Å². The van der Waals surface area contributed by atoms with E-state index in [4.69, 9.17) is 10.1 Å². The van der Waals surface area contributed by atoms with Gasteiger partial charge in [0.25, 0.3) is 0 Å². The van der Waals surface area contributed by atoms with Crippen LogP contribution < -0.4 is 0 Å². The van der Waals surface area contributed by atoms with Gasteiger partial charge >= 0.3 is 11.9 Å². The lowest BCUT2D eigenvalue weighted by Gasteiger charge is -2.26. The molecule has 0 rings (SSSR count). The molecule has 0 aliphatic rings. The molecular weight excluding hydrogens is 300 g/mol. The van der Waals surface area contributed by atoms with Crippen molar-refractivity contribution in [1.82, 2.24) is 4.90 Å². The van der Waals surface area contributed by atoms with E-state index in [0.29, 0.717) is 6.42 Å². The fourth-order valence-electron chi connectivity index (χ4n) is 1.97. The molecule has 3 unspecified atom stereocenters. The third kappa shape index (κ3) is 6.63. The fraction of sp³-hybridized carbons (Fsp3) is 0.625. The number of carbonyl (C=O) groups excluding carboxylic acids is 3. The number of hydrogen-bond donors (Lipinski definition) is 1. The molecule has 0 fully saturated rings. The van der Waals surface area contributed by atoms with E-state index >= 15 is 0 Å². The molecular formula is C16H26N2O5. The highest BCUT2D eigenvalue weighted by Gasteiger charge is 2.32. The highest BCUT2D eigenvalue weighted by Crippen LogP contribution is 2.21. The van der Waals surface area contributed by atoms with Gasteiger partial charge in [-0.05, 0) is 19.8 Å². The summed E-state index contributed by atoms with van der Waals surface area (Å²) >= 11 is 0. The zero-order valence-corrected chi connectivity index (χ0v) is 14.4. The van der Waals surface area contributed by atoms with Crippen LogP contribution in [0.1, 0.15) is 26.7 Å². The molecule has 0 radical (unpaired) electrons. The van der Waals surface area contributed by atoms with E-state index in [1.54, 1.807) is 21.0 Å². The van der Waals surface area contributed by atoms with Crippen LogP contribution in [-0.2, 0) is 23.9 Å². The molecule has 7 nitrogen and oxygen atoms in total. The fourth-order valence-corrected chi connectivity index (χ4v) is 1.97. The highest BCUT2D eigenvalue weighted by atomic mass is 16.5. The average molecular weight is 326 g/mol. The molecule has 7 heteroatoms. The predicted octanol–water partition coefficient (Wildman–Crippen LogP) is 1.42. The smallest absolute Gasteiger partial charge is 0.333 e. The minimum atomic E-state index is -1.00. The van der Waals surface area contributed by atoms with Crippen molar-refractivity contribution in [3.05, 3.63) is 12.2 Å². The Kier molecular flexibility index (Phi) is 8.83. The molecule has 0 bridgehead atoms. The van der Waals surface area contributed by atoms with Crippen molar-refractivity contribution in [2.75, 3.05) is 21.2 Å². The Morgan fingerprint density at radius 2 is 1.83 bits per heavy atom. The van der Waals surface area contributed by atoms with E-state index in [1.807, 2.05) is 0 Å². The van der Waals surface area contributed by atoms with Crippen LogP contribution in [-0.4, -0.2) is 56.3 Å². The summed E-state index contributed by atoms with van der Waals surface area (Å²) in [4.78, 5) is 36.9. The van der Waals surface area contributed by atoms with Crippen molar-refractivity contribution >= 4 is 24.1 Å². The molecule has 1 amide bonds. The molecule has 130 valence electrons. The van der Waals surface area contributed by atoms with E-state index in [9.17, 15) is 14.4 Å². The minimum Gasteiger partial charge on any atom is -0.469 e. The lowest BCUT2D eigenvalue weighted by Crippen LogP contribution is -2.40. The summed E-state index contributed by atoms with van der Waals surface area (Å²) in [6.07, 6.45) is 0.595. The molecule has 0 aliphatic heterocycles. The van der Waals surface area contributed by atoms with Gasteiger partial charge in [-0.1, -0.05) is 13.5 Å². The summed E-state index contributed by atoms with van der Waals surface area (Å²) < 4.78 is 9.83. The lowest BCUT2D eigenvalue weighted by atomic mass is 9.91. The highest BCUT2D eigenvalue weighted by molar-refractivity contribution is 5.90. The molecule has 0 aromatic carbocycles. The van der Waals surface area contributed by atoms with Crippen LogP contribution in [0.5, 0.6) is 0 Å². The number of rotatable bonds is 9. The molecule has 0 aromatic rings. The Balaban J connectivity index is 5.14. The van der Waals surface area contributed by atoms with Gasteiger partial charge in [-0.3, -0.25) is 9.59 Å². The van der Waals surface area contributed by atoms with Gasteiger partial charge < -0.3 is 19.8 Å². The van der Waals surface area contributed by atoms with Crippen LogP contribution in [0, 0.1) is 17.2 Å². The van der Waals surface area contributed by atoms with Crippen molar-refractivity contribution in [2.24, 2.45) is 11.8 Å². The molecule has 0 saturated heterocycles. The van der Waals surface area contributed by atoms with E-state index < -0.39 is 18.0 Å². The summed E-state index contributed by atoms with van der Waals surface area (Å²) in [6.45, 7) is 6.67. The van der Waals surface area contributed by atoms with E-state index in [2.05, 4.69) is 11.3 Å². The molecule has 0 aliphatic carbocycles. The number of carbonyl (C=O) groups is 3. The molecule has 1 N–H and O–H groups in total. The predicted molar refractivity (Wildman–Crippen MR) is 86.1 cm³/mol. The zero-order chi connectivity index (χ0) is 18.2. The molecule has 23 heavy (non-hydrogen) atoms. The number of nitrogens with one attached hydrogen (secondary N) is 1. The van der Waals surface area contributed by atoms with Gasteiger partial charge in [-0.2, -0.15) is 0 Å². The van der Waals surface area contributed by atoms with Crippen LogP contribution in [0.25, 0.3) is 0 Å². The SMILES string of the molecule is C=C(C)C(=O)OC(C=N)C(CCC(C)C(=O)OC)C(=O)N(C)C. The van der Waals surface area contributed by atoms with Gasteiger partial charge in [0.05, 0.1) is 18.9 Å². The summed E-state index contributed by atoms with van der Waals surface area (Å²) in [7, 11) is 4.47. The van der Waals surface area contributed by atoms with Gasteiger partial charge in [-0.15, -0.1) is 0 Å². The third-order valence-electron chi connectivity index (χ3n) is 3.42. The quantitative estimate of drug-likeness (QED) is 0.393. The van der Waals surface area contributed by atoms with E-state index in [0.717, 1.165) is 6.21 Å². The maximum atomic E-state index is 12.3. The summed E-state index contributed by atoms with van der Waals surface area (Å²) in [5.41, 5.74) is 0.191. The standard InChI is InChI=1S/C16H26N2O5/c1-10(2)15(20)23-13(9-17)12(14(19)18(4)5)8-7-11(3)16(21)22-6/h9,11-13,17H,1,7-8H2,2-6H3. The zero-order valence-electron chi connectivity index (χ0n) is 14.4. The number of esters is 2. The van der Waals surface area contributed by atoms with Crippen molar-refractivity contribution in [1.29, 1.82) is 5.41 Å². The largest absolute Gasteiger partial charge is 0.469 e. The van der Waals surface area contributed by atoms with Crippen molar-refractivity contribution in [3.63, 3.8) is 0 Å². The number of hydrogen-bond acceptors (Lipinski definition) is 6. The second-order valence-electron chi connectivity index (χ2n) is 5.66. The van der Waals surface area contributed by atoms with Gasteiger partial charge in [0.2, 0.25) is 5.91 Å². The van der Waals surface area contributed by atoms with Crippen molar-refractivity contribution in [3.8, 4) is 0 Å². The summed E-state index contributed by atoms with van der Waals surface area (Å²) in [5, 5.41) is 7.47. The Labute approximate surface area is 137 Å². The summed E-state index contributed by atoms with van der Waals surface area (Å²) in [6, 6.07) is 0. The molecule has 3 atom stereocenters. The Bertz CT molecular complexity index is 473. The van der Waals surface area contributed by atoms with Crippen LogP contribution in [0.2, 0.25) is 0 Å². The number of amides is 1. The molecule has 0 saturated carbocycles. The van der Waals surface area contributed by atoms with Gasteiger partial charge in [0.1, 0.15) is 6.10 Å². The molecule has 0 aromatic heterocycles. The van der Waals surface area contributed by atoms with Gasteiger partial charge in [0.15, 0.2) is 0 Å². The Hall–Kier alpha value is -2.18. The van der Waals surface area contributed by atoms with E-state index in [1.165, 1.54) is 18.9 Å². The Morgan fingerprint density at radius 1 is 1.26 bits per heavy atom. The van der Waals surface area contributed by atoms with Crippen molar-refractivity contribution in [2.45, 2.75) is 32.8 Å². The number of ether oxygens (including phenoxy) is 2. The first-order valence-electron chi connectivity index (χ1n) is 7.31. The van der Waals surface area contributed by atoms with Crippen LogP contribution in [0.4, 0.5) is 0 Å². The van der Waals surface area contributed by atoms with Crippen molar-refractivity contribution < 1.29 is 23.9 Å². The summed E-state index contributed by atoms with van der Waals surface area (Å²) in [5.74, 6) is -2.42. The topological polar surface area (TPSA) is 96.8 Å². The first kappa shape index (κ1) is 20.8. The Morgan fingerprint density at radius 3 is 2.22 bits per heavy atom. The first-order valence-corrected chi connectivity index (χ1v) is 7.31. The maximum Gasteiger partial charge on any atom is 0.333 e. The van der Waals surface area contributed by atoms with E-state index in [-0.39, 0.29) is 29.8 Å². The number of nitrogens with zero attached hydrogens (tertiary/aromatic N) is 1. The maximum absolute atomic E-state index is 12.3. The molecule has 0 heterocycles.